The molecule has 4 rings (SSSR count). The molecule has 6 heteroatoms. The van der Waals surface area contributed by atoms with E-state index in [-0.39, 0.29) is 17.4 Å². The van der Waals surface area contributed by atoms with Crippen LogP contribution in [0.3, 0.4) is 0 Å². The van der Waals surface area contributed by atoms with E-state index in [1.165, 1.54) is 0 Å². The molecule has 23 heavy (non-hydrogen) atoms. The first-order valence-electron chi connectivity index (χ1n) is 6.77. The molecule has 0 N–H and O–H groups in total. The minimum atomic E-state index is -0.643. The van der Waals surface area contributed by atoms with Gasteiger partial charge in [0, 0.05) is 10.0 Å². The first kappa shape index (κ1) is 13.9. The van der Waals surface area contributed by atoms with E-state index in [9.17, 15) is 9.59 Å². The molecule has 112 valence electrons. The molecule has 2 aliphatic rings. The van der Waals surface area contributed by atoms with Gasteiger partial charge in [-0.2, -0.15) is 0 Å². The van der Waals surface area contributed by atoms with E-state index in [2.05, 4.69) is 20.9 Å². The van der Waals surface area contributed by atoms with E-state index in [4.69, 9.17) is 9.47 Å². The van der Waals surface area contributed by atoms with Gasteiger partial charge < -0.3 is 9.47 Å². The van der Waals surface area contributed by atoms with Gasteiger partial charge >= 0.3 is 11.9 Å². The molecule has 0 spiro atoms. The Kier molecular flexibility index (Phi) is 3.12. The number of hydrogen-bond acceptors (Lipinski definition) is 5. The van der Waals surface area contributed by atoms with E-state index >= 15 is 0 Å². The molecule has 0 bridgehead atoms. The number of hydrogen-bond donors (Lipinski definition) is 0. The predicted octanol–water partition coefficient (Wildman–Crippen LogP) is 3.29. The lowest BCUT2D eigenvalue weighted by Gasteiger charge is -2.01. The van der Waals surface area contributed by atoms with Crippen molar-refractivity contribution in [2.24, 2.45) is 4.99 Å². The van der Waals surface area contributed by atoms with Crippen LogP contribution < -0.4 is 0 Å². The molecule has 0 unspecified atom stereocenters. The van der Waals surface area contributed by atoms with Crippen molar-refractivity contribution in [1.82, 2.24) is 0 Å². The second-order valence-corrected chi connectivity index (χ2v) is 5.75. The van der Waals surface area contributed by atoms with E-state index in [1.807, 2.05) is 18.2 Å². The fourth-order valence-corrected chi connectivity index (χ4v) is 2.89. The third-order valence-electron chi connectivity index (χ3n) is 3.50. The number of aliphatic imine (C=N–C) groups is 1. The molecule has 0 saturated carbocycles. The zero-order chi connectivity index (χ0) is 16.0. The van der Waals surface area contributed by atoms with Gasteiger partial charge in [0.2, 0.25) is 5.90 Å². The first-order chi connectivity index (χ1) is 11.1. The zero-order valence-corrected chi connectivity index (χ0v) is 13.2. The Labute approximate surface area is 139 Å². The molecule has 0 aromatic heterocycles. The number of nitrogens with zero attached hydrogens (tertiary/aromatic N) is 1. The van der Waals surface area contributed by atoms with E-state index in [0.717, 1.165) is 4.47 Å². The molecule has 2 aromatic rings. The Bertz CT molecular complexity index is 930. The molecule has 2 aromatic carbocycles. The Balaban J connectivity index is 1.86. The Morgan fingerprint density at radius 1 is 0.783 bits per heavy atom. The maximum Gasteiger partial charge on any atom is 0.367 e. The van der Waals surface area contributed by atoms with Crippen LogP contribution in [0.1, 0.15) is 21.5 Å². The summed E-state index contributed by atoms with van der Waals surface area (Å²) in [4.78, 5) is 28.3. The van der Waals surface area contributed by atoms with Crippen LogP contribution in [0.2, 0.25) is 0 Å². The van der Waals surface area contributed by atoms with Gasteiger partial charge in [-0.3, -0.25) is 0 Å². The maximum absolute atomic E-state index is 12.2. The summed E-state index contributed by atoms with van der Waals surface area (Å²) in [5.41, 5.74) is 1.59. The molecule has 0 fully saturated rings. The first-order valence-corrected chi connectivity index (χ1v) is 7.56. The SMILES string of the molecule is O=C1OC(c2ccccc2Br)=N/C1=C1/OC(=O)c2ccccc21. The zero-order valence-electron chi connectivity index (χ0n) is 11.6. The number of cyclic esters (lactones) is 2. The average Bonchev–Trinajstić information content (AvgIpc) is 3.09. The van der Waals surface area contributed by atoms with Gasteiger partial charge in [0.1, 0.15) is 0 Å². The summed E-state index contributed by atoms with van der Waals surface area (Å²) < 4.78 is 11.2. The fraction of sp³-hybridized carbons (Fsp3) is 0. The Morgan fingerprint density at radius 2 is 1.43 bits per heavy atom. The van der Waals surface area contributed by atoms with E-state index < -0.39 is 11.9 Å². The molecule has 2 heterocycles. The second kappa shape index (κ2) is 5.17. The van der Waals surface area contributed by atoms with Crippen molar-refractivity contribution in [3.8, 4) is 0 Å². The lowest BCUT2D eigenvalue weighted by Crippen LogP contribution is -2.06. The highest BCUT2D eigenvalue weighted by Crippen LogP contribution is 2.35. The van der Waals surface area contributed by atoms with Crippen LogP contribution in [0.15, 0.2) is 63.7 Å². The molecule has 0 aliphatic carbocycles. The van der Waals surface area contributed by atoms with Crippen molar-refractivity contribution >= 4 is 39.5 Å². The van der Waals surface area contributed by atoms with Gasteiger partial charge in [-0.15, -0.1) is 0 Å². The summed E-state index contributed by atoms with van der Waals surface area (Å²) in [6.45, 7) is 0. The number of halogens is 1. The molecular weight excluding hydrogens is 362 g/mol. The average molecular weight is 370 g/mol. The molecule has 0 amide bonds. The second-order valence-electron chi connectivity index (χ2n) is 4.90. The molecule has 0 radical (unpaired) electrons. The van der Waals surface area contributed by atoms with Crippen LogP contribution in [0, 0.1) is 0 Å². The van der Waals surface area contributed by atoms with Crippen molar-refractivity contribution in [2.45, 2.75) is 0 Å². The monoisotopic (exact) mass is 369 g/mol. The van der Waals surface area contributed by atoms with E-state index in [0.29, 0.717) is 16.7 Å². The molecule has 5 nitrogen and oxygen atoms in total. The van der Waals surface area contributed by atoms with Crippen LogP contribution in [0.4, 0.5) is 0 Å². The summed E-state index contributed by atoms with van der Waals surface area (Å²) in [6, 6.07) is 14.1. The van der Waals surface area contributed by atoms with E-state index in [1.54, 1.807) is 30.3 Å². The molecule has 2 aliphatic heterocycles. The minimum absolute atomic E-state index is 0.00551. The number of fused-ring (bicyclic) bond motifs is 1. The summed E-state index contributed by atoms with van der Waals surface area (Å²) >= 11 is 3.39. The minimum Gasteiger partial charge on any atom is -0.420 e. The molecule has 0 atom stereocenters. The number of ether oxygens (including phenoxy) is 2. The number of carbonyl (C=O) groups is 2. The maximum atomic E-state index is 12.2. The van der Waals surface area contributed by atoms with Gasteiger partial charge in [-0.1, -0.05) is 30.3 Å². The number of esters is 2. The molecular formula is C17H8BrNO4. The van der Waals surface area contributed by atoms with Gasteiger partial charge in [0.15, 0.2) is 11.5 Å². The van der Waals surface area contributed by atoms with Crippen molar-refractivity contribution in [1.29, 1.82) is 0 Å². The highest BCUT2D eigenvalue weighted by Gasteiger charge is 2.36. The van der Waals surface area contributed by atoms with Crippen LogP contribution >= 0.6 is 15.9 Å². The van der Waals surface area contributed by atoms with Crippen molar-refractivity contribution in [3.63, 3.8) is 0 Å². The standard InChI is InChI=1S/C17H8BrNO4/c18-12-8-4-3-7-11(12)15-19-13(17(21)23-15)14-9-5-1-2-6-10(9)16(20)22-14/h1-8H/b14-13+. The van der Waals surface area contributed by atoms with Crippen LogP contribution in [0.5, 0.6) is 0 Å². The van der Waals surface area contributed by atoms with Crippen molar-refractivity contribution in [3.05, 3.63) is 75.4 Å². The van der Waals surface area contributed by atoms with Gasteiger partial charge in [-0.05, 0) is 34.1 Å². The summed E-state index contributed by atoms with van der Waals surface area (Å²) in [5, 5.41) is 0. The number of rotatable bonds is 1. The highest BCUT2D eigenvalue weighted by molar-refractivity contribution is 9.10. The fourth-order valence-electron chi connectivity index (χ4n) is 2.44. The molecule has 0 saturated heterocycles. The van der Waals surface area contributed by atoms with Gasteiger partial charge in [0.25, 0.3) is 0 Å². The summed E-state index contributed by atoms with van der Waals surface area (Å²) in [5.74, 6) is -0.834. The van der Waals surface area contributed by atoms with Gasteiger partial charge in [0.05, 0.1) is 11.1 Å². The Hall–Kier alpha value is -2.73. The largest absolute Gasteiger partial charge is 0.420 e. The third kappa shape index (κ3) is 2.19. The number of carbonyl (C=O) groups excluding carboxylic acids is 2. The van der Waals surface area contributed by atoms with Crippen molar-refractivity contribution < 1.29 is 19.1 Å². The normalized spacial score (nSPS) is 19.3. The van der Waals surface area contributed by atoms with Crippen LogP contribution in [-0.2, 0) is 14.3 Å². The predicted molar refractivity (Wildman–Crippen MR) is 85.5 cm³/mol. The lowest BCUT2D eigenvalue weighted by molar-refractivity contribution is -0.130. The van der Waals surface area contributed by atoms with Crippen LogP contribution in [0.25, 0.3) is 5.76 Å². The quantitative estimate of drug-likeness (QED) is 0.571. The lowest BCUT2D eigenvalue weighted by atomic mass is 10.1. The number of benzene rings is 2. The highest BCUT2D eigenvalue weighted by atomic mass is 79.9. The van der Waals surface area contributed by atoms with Gasteiger partial charge in [-0.25, -0.2) is 14.6 Å². The topological polar surface area (TPSA) is 65.0 Å². The Morgan fingerprint density at radius 3 is 2.17 bits per heavy atom. The summed E-state index contributed by atoms with van der Waals surface area (Å²) in [6.07, 6.45) is 0. The third-order valence-corrected chi connectivity index (χ3v) is 4.19. The summed E-state index contributed by atoms with van der Waals surface area (Å²) in [7, 11) is 0. The smallest absolute Gasteiger partial charge is 0.367 e. The van der Waals surface area contributed by atoms with Crippen LogP contribution in [-0.4, -0.2) is 17.8 Å². The van der Waals surface area contributed by atoms with Crippen molar-refractivity contribution in [2.75, 3.05) is 0 Å².